The smallest absolute Gasteiger partial charge is 0.163 e. The van der Waals surface area contributed by atoms with Gasteiger partial charge in [0, 0.05) is 18.3 Å². The summed E-state index contributed by atoms with van der Waals surface area (Å²) in [5, 5.41) is 3.44. The summed E-state index contributed by atoms with van der Waals surface area (Å²) in [6.07, 6.45) is 0. The third-order valence-electron chi connectivity index (χ3n) is 3.53. The molecule has 0 atom stereocenters. The van der Waals surface area contributed by atoms with Crippen LogP contribution in [0.15, 0.2) is 36.4 Å². The largest absolute Gasteiger partial charge is 0.486 e. The van der Waals surface area contributed by atoms with E-state index in [9.17, 15) is 0 Å². The van der Waals surface area contributed by atoms with Gasteiger partial charge in [0.1, 0.15) is 13.2 Å². The second-order valence-electron chi connectivity index (χ2n) is 5.14. The summed E-state index contributed by atoms with van der Waals surface area (Å²) in [5.41, 5.74) is 4.96. The lowest BCUT2D eigenvalue weighted by Gasteiger charge is -2.19. The molecule has 0 amide bonds. The molecule has 104 valence electrons. The number of rotatable bonds is 3. The van der Waals surface area contributed by atoms with Gasteiger partial charge >= 0.3 is 0 Å². The van der Waals surface area contributed by atoms with Gasteiger partial charge in [-0.15, -0.1) is 0 Å². The highest BCUT2D eigenvalue weighted by Crippen LogP contribution is 2.32. The second-order valence-corrected chi connectivity index (χ2v) is 5.14. The summed E-state index contributed by atoms with van der Waals surface area (Å²) < 4.78 is 11.1. The van der Waals surface area contributed by atoms with Crippen LogP contribution in [0.25, 0.3) is 0 Å². The first kappa shape index (κ1) is 12.9. The maximum absolute atomic E-state index is 5.59. The number of benzene rings is 2. The zero-order valence-electron chi connectivity index (χ0n) is 11.9. The van der Waals surface area contributed by atoms with Crippen molar-refractivity contribution in [3.8, 4) is 11.5 Å². The molecule has 3 rings (SSSR count). The molecule has 0 saturated carbocycles. The lowest BCUT2D eigenvalue weighted by atomic mass is 10.1. The standard InChI is InChI=1S/C17H19NO2/c1-12-3-4-13(2)14(9-12)11-18-15-5-6-16-17(10-15)20-8-7-19-16/h3-6,9-10,18H,7-8,11H2,1-2H3. The van der Waals surface area contributed by atoms with E-state index in [-0.39, 0.29) is 0 Å². The molecule has 1 aliphatic rings. The predicted octanol–water partition coefficient (Wildman–Crippen LogP) is 3.69. The Kier molecular flexibility index (Phi) is 3.50. The van der Waals surface area contributed by atoms with Crippen molar-refractivity contribution in [3.63, 3.8) is 0 Å². The summed E-state index contributed by atoms with van der Waals surface area (Å²) in [6, 6.07) is 12.5. The van der Waals surface area contributed by atoms with Crippen LogP contribution in [0.1, 0.15) is 16.7 Å². The maximum atomic E-state index is 5.59. The van der Waals surface area contributed by atoms with E-state index in [1.807, 2.05) is 18.2 Å². The molecule has 2 aromatic rings. The van der Waals surface area contributed by atoms with E-state index in [4.69, 9.17) is 9.47 Å². The van der Waals surface area contributed by atoms with Crippen LogP contribution in [0.5, 0.6) is 11.5 Å². The van der Waals surface area contributed by atoms with Gasteiger partial charge in [-0.1, -0.05) is 23.8 Å². The molecule has 0 saturated heterocycles. The molecule has 1 aliphatic heterocycles. The first-order valence-electron chi connectivity index (χ1n) is 6.92. The Balaban J connectivity index is 1.73. The minimum Gasteiger partial charge on any atom is -0.486 e. The number of hydrogen-bond donors (Lipinski definition) is 1. The normalized spacial score (nSPS) is 13.1. The van der Waals surface area contributed by atoms with Crippen LogP contribution in [0.2, 0.25) is 0 Å². The van der Waals surface area contributed by atoms with E-state index in [0.29, 0.717) is 13.2 Å². The fourth-order valence-corrected chi connectivity index (χ4v) is 2.34. The van der Waals surface area contributed by atoms with E-state index in [1.165, 1.54) is 16.7 Å². The summed E-state index contributed by atoms with van der Waals surface area (Å²) >= 11 is 0. The lowest BCUT2D eigenvalue weighted by Crippen LogP contribution is -2.15. The molecular weight excluding hydrogens is 250 g/mol. The first-order chi connectivity index (χ1) is 9.72. The SMILES string of the molecule is Cc1ccc(C)c(CNc2ccc3c(c2)OCCO3)c1. The van der Waals surface area contributed by atoms with Crippen LogP contribution in [-0.4, -0.2) is 13.2 Å². The molecule has 0 radical (unpaired) electrons. The fourth-order valence-electron chi connectivity index (χ4n) is 2.34. The zero-order valence-corrected chi connectivity index (χ0v) is 11.9. The quantitative estimate of drug-likeness (QED) is 0.922. The molecule has 0 unspecified atom stereocenters. The molecule has 1 N–H and O–H groups in total. The highest BCUT2D eigenvalue weighted by molar-refractivity contribution is 5.55. The van der Waals surface area contributed by atoms with Crippen molar-refractivity contribution in [1.29, 1.82) is 0 Å². The van der Waals surface area contributed by atoms with Gasteiger partial charge in [-0.25, -0.2) is 0 Å². The summed E-state index contributed by atoms with van der Waals surface area (Å²) in [4.78, 5) is 0. The number of aryl methyl sites for hydroxylation is 2. The Morgan fingerprint density at radius 2 is 1.75 bits per heavy atom. The van der Waals surface area contributed by atoms with Crippen LogP contribution in [0, 0.1) is 13.8 Å². The molecule has 1 heterocycles. The highest BCUT2D eigenvalue weighted by Gasteiger charge is 2.11. The number of nitrogens with one attached hydrogen (secondary N) is 1. The average Bonchev–Trinajstić information content (AvgIpc) is 2.48. The van der Waals surface area contributed by atoms with Gasteiger partial charge in [-0.05, 0) is 37.1 Å². The highest BCUT2D eigenvalue weighted by atomic mass is 16.6. The third kappa shape index (κ3) is 2.72. The molecule has 3 heteroatoms. The average molecular weight is 269 g/mol. The van der Waals surface area contributed by atoms with Crippen molar-refractivity contribution in [3.05, 3.63) is 53.1 Å². The molecule has 0 fully saturated rings. The Morgan fingerprint density at radius 3 is 2.60 bits per heavy atom. The molecule has 2 aromatic carbocycles. The van der Waals surface area contributed by atoms with Crippen molar-refractivity contribution < 1.29 is 9.47 Å². The fraction of sp³-hybridized carbons (Fsp3) is 0.294. The molecular formula is C17H19NO2. The van der Waals surface area contributed by atoms with Crippen molar-refractivity contribution in [1.82, 2.24) is 0 Å². The van der Waals surface area contributed by atoms with Crippen molar-refractivity contribution in [2.45, 2.75) is 20.4 Å². The predicted molar refractivity (Wildman–Crippen MR) is 80.7 cm³/mol. The van der Waals surface area contributed by atoms with Crippen molar-refractivity contribution in [2.75, 3.05) is 18.5 Å². The van der Waals surface area contributed by atoms with Crippen LogP contribution in [0.4, 0.5) is 5.69 Å². The maximum Gasteiger partial charge on any atom is 0.163 e. The van der Waals surface area contributed by atoms with Gasteiger partial charge in [0.05, 0.1) is 0 Å². The second kappa shape index (κ2) is 5.45. The minimum atomic E-state index is 0.618. The minimum absolute atomic E-state index is 0.618. The summed E-state index contributed by atoms with van der Waals surface area (Å²) in [6.45, 7) is 6.32. The van der Waals surface area contributed by atoms with Gasteiger partial charge in [-0.2, -0.15) is 0 Å². The van der Waals surface area contributed by atoms with E-state index in [1.54, 1.807) is 0 Å². The Morgan fingerprint density at radius 1 is 0.950 bits per heavy atom. The van der Waals surface area contributed by atoms with Crippen molar-refractivity contribution in [2.24, 2.45) is 0 Å². The van der Waals surface area contributed by atoms with E-state index < -0.39 is 0 Å². The van der Waals surface area contributed by atoms with Crippen molar-refractivity contribution >= 4 is 5.69 Å². The van der Waals surface area contributed by atoms with E-state index in [2.05, 4.69) is 37.4 Å². The van der Waals surface area contributed by atoms with Gasteiger partial charge in [0.2, 0.25) is 0 Å². The van der Waals surface area contributed by atoms with Gasteiger partial charge in [0.15, 0.2) is 11.5 Å². The van der Waals surface area contributed by atoms with Crippen LogP contribution < -0.4 is 14.8 Å². The number of anilines is 1. The molecule has 20 heavy (non-hydrogen) atoms. The van der Waals surface area contributed by atoms with E-state index >= 15 is 0 Å². The lowest BCUT2D eigenvalue weighted by molar-refractivity contribution is 0.171. The molecule has 0 spiro atoms. The number of hydrogen-bond acceptors (Lipinski definition) is 3. The van der Waals surface area contributed by atoms with Crippen LogP contribution >= 0.6 is 0 Å². The van der Waals surface area contributed by atoms with E-state index in [0.717, 1.165) is 23.7 Å². The Bertz CT molecular complexity index is 622. The van der Waals surface area contributed by atoms with Gasteiger partial charge < -0.3 is 14.8 Å². The third-order valence-corrected chi connectivity index (χ3v) is 3.53. The topological polar surface area (TPSA) is 30.5 Å². The number of ether oxygens (including phenoxy) is 2. The first-order valence-corrected chi connectivity index (χ1v) is 6.92. The zero-order chi connectivity index (χ0) is 13.9. The van der Waals surface area contributed by atoms with Gasteiger partial charge in [-0.3, -0.25) is 0 Å². The Hall–Kier alpha value is -2.16. The molecule has 0 aromatic heterocycles. The molecule has 0 aliphatic carbocycles. The number of fused-ring (bicyclic) bond motifs is 1. The molecule has 3 nitrogen and oxygen atoms in total. The Labute approximate surface area is 119 Å². The summed E-state index contributed by atoms with van der Waals surface area (Å²) in [7, 11) is 0. The van der Waals surface area contributed by atoms with Gasteiger partial charge in [0.25, 0.3) is 0 Å². The van der Waals surface area contributed by atoms with Crippen LogP contribution in [-0.2, 0) is 6.54 Å². The van der Waals surface area contributed by atoms with Crippen LogP contribution in [0.3, 0.4) is 0 Å². The monoisotopic (exact) mass is 269 g/mol. The molecule has 0 bridgehead atoms. The summed E-state index contributed by atoms with van der Waals surface area (Å²) in [5.74, 6) is 1.65.